The van der Waals surface area contributed by atoms with Crippen molar-refractivity contribution >= 4 is 17.2 Å². The second-order valence-electron chi connectivity index (χ2n) is 4.78. The fraction of sp³-hybridized carbons (Fsp3) is 0.533. The van der Waals surface area contributed by atoms with Crippen LogP contribution in [0.15, 0.2) is 18.2 Å². The van der Waals surface area contributed by atoms with Crippen molar-refractivity contribution in [2.24, 2.45) is 5.73 Å². The van der Waals surface area contributed by atoms with Crippen LogP contribution in [0.1, 0.15) is 43.4 Å². The van der Waals surface area contributed by atoms with Crippen molar-refractivity contribution in [1.29, 1.82) is 0 Å². The molecule has 1 aromatic carbocycles. The van der Waals surface area contributed by atoms with Gasteiger partial charge in [0.15, 0.2) is 0 Å². The zero-order valence-electron chi connectivity index (χ0n) is 11.7. The molecule has 0 heterocycles. The maximum atomic E-state index is 5.65. The standard InChI is InChI=1S/C15H24N2S/c1-4-8-17(9-5-2)11-14-7-6-13(15(16)18)10-12(14)3/h6-7,10H,4-5,8-9,11H2,1-3H3,(H2,16,18). The summed E-state index contributed by atoms with van der Waals surface area (Å²) in [6.45, 7) is 9.92. The fourth-order valence-electron chi connectivity index (χ4n) is 2.17. The summed E-state index contributed by atoms with van der Waals surface area (Å²) in [5.74, 6) is 0. The predicted octanol–water partition coefficient (Wildman–Crippen LogP) is 3.25. The molecule has 2 N–H and O–H groups in total. The van der Waals surface area contributed by atoms with Crippen LogP contribution in [0.5, 0.6) is 0 Å². The second kappa shape index (κ2) is 7.49. The van der Waals surface area contributed by atoms with Gasteiger partial charge in [0.1, 0.15) is 4.99 Å². The SMILES string of the molecule is CCCN(CCC)Cc1ccc(C(N)=S)cc1C. The third-order valence-electron chi connectivity index (χ3n) is 3.10. The van der Waals surface area contributed by atoms with E-state index in [1.54, 1.807) is 0 Å². The molecule has 0 saturated carbocycles. The number of hydrogen-bond acceptors (Lipinski definition) is 2. The van der Waals surface area contributed by atoms with E-state index in [9.17, 15) is 0 Å². The van der Waals surface area contributed by atoms with Crippen molar-refractivity contribution < 1.29 is 0 Å². The minimum absolute atomic E-state index is 0.476. The lowest BCUT2D eigenvalue weighted by atomic mass is 10.0. The van der Waals surface area contributed by atoms with Crippen molar-refractivity contribution in [3.63, 3.8) is 0 Å². The van der Waals surface area contributed by atoms with Crippen molar-refractivity contribution in [3.8, 4) is 0 Å². The monoisotopic (exact) mass is 264 g/mol. The van der Waals surface area contributed by atoms with Gasteiger partial charge >= 0.3 is 0 Å². The normalized spacial score (nSPS) is 10.9. The smallest absolute Gasteiger partial charge is 0.103 e. The first-order chi connectivity index (χ1) is 8.58. The van der Waals surface area contributed by atoms with Crippen LogP contribution in [0.25, 0.3) is 0 Å². The second-order valence-corrected chi connectivity index (χ2v) is 5.22. The van der Waals surface area contributed by atoms with E-state index in [0.717, 1.165) is 25.2 Å². The fourth-order valence-corrected chi connectivity index (χ4v) is 2.30. The van der Waals surface area contributed by atoms with Crippen LogP contribution in [0.2, 0.25) is 0 Å². The maximum absolute atomic E-state index is 5.65. The number of nitrogens with two attached hydrogens (primary N) is 1. The van der Waals surface area contributed by atoms with E-state index in [-0.39, 0.29) is 0 Å². The van der Waals surface area contributed by atoms with Crippen molar-refractivity contribution in [2.75, 3.05) is 13.1 Å². The lowest BCUT2D eigenvalue weighted by Crippen LogP contribution is -2.25. The van der Waals surface area contributed by atoms with Crippen molar-refractivity contribution in [1.82, 2.24) is 4.90 Å². The van der Waals surface area contributed by atoms with Gasteiger partial charge < -0.3 is 5.73 Å². The van der Waals surface area contributed by atoms with E-state index >= 15 is 0 Å². The van der Waals surface area contributed by atoms with Gasteiger partial charge in [-0.15, -0.1) is 0 Å². The predicted molar refractivity (Wildman–Crippen MR) is 82.9 cm³/mol. The number of nitrogens with zero attached hydrogens (tertiary/aromatic N) is 1. The molecular formula is C15H24N2S. The average Bonchev–Trinajstić information content (AvgIpc) is 2.32. The number of aryl methyl sites for hydroxylation is 1. The Morgan fingerprint density at radius 1 is 1.22 bits per heavy atom. The van der Waals surface area contributed by atoms with Crippen LogP contribution >= 0.6 is 12.2 Å². The minimum atomic E-state index is 0.476. The molecule has 0 aliphatic heterocycles. The van der Waals surface area contributed by atoms with E-state index in [1.165, 1.54) is 24.0 Å². The Hall–Kier alpha value is -0.930. The van der Waals surface area contributed by atoms with Crippen LogP contribution in [-0.2, 0) is 6.54 Å². The van der Waals surface area contributed by atoms with Crippen LogP contribution in [-0.4, -0.2) is 23.0 Å². The zero-order valence-corrected chi connectivity index (χ0v) is 12.5. The molecule has 0 bridgehead atoms. The molecule has 0 radical (unpaired) electrons. The van der Waals surface area contributed by atoms with Crippen LogP contribution in [0, 0.1) is 6.92 Å². The van der Waals surface area contributed by atoms with Gasteiger partial charge in [-0.3, -0.25) is 4.90 Å². The van der Waals surface area contributed by atoms with Gasteiger partial charge in [-0.1, -0.05) is 38.2 Å². The molecule has 0 amide bonds. The topological polar surface area (TPSA) is 29.3 Å². The Morgan fingerprint density at radius 2 is 1.83 bits per heavy atom. The summed E-state index contributed by atoms with van der Waals surface area (Å²) < 4.78 is 0. The molecule has 3 heteroatoms. The molecule has 2 nitrogen and oxygen atoms in total. The Kier molecular flexibility index (Phi) is 6.30. The number of thiocarbonyl (C=S) groups is 1. The summed E-state index contributed by atoms with van der Waals surface area (Å²) in [4.78, 5) is 2.98. The highest BCUT2D eigenvalue weighted by molar-refractivity contribution is 7.80. The molecule has 0 atom stereocenters. The first-order valence-corrected chi connectivity index (χ1v) is 7.11. The van der Waals surface area contributed by atoms with E-state index in [0.29, 0.717) is 4.99 Å². The molecule has 0 fully saturated rings. The van der Waals surface area contributed by atoms with Crippen LogP contribution in [0.3, 0.4) is 0 Å². The van der Waals surface area contributed by atoms with Gasteiger partial charge in [-0.05, 0) is 50.0 Å². The van der Waals surface area contributed by atoms with Gasteiger partial charge in [-0.25, -0.2) is 0 Å². The molecule has 0 saturated heterocycles. The molecule has 0 aromatic heterocycles. The summed E-state index contributed by atoms with van der Waals surface area (Å²) in [5, 5.41) is 0. The lowest BCUT2D eigenvalue weighted by molar-refractivity contribution is 0.266. The molecular weight excluding hydrogens is 240 g/mol. The number of hydrogen-bond donors (Lipinski definition) is 1. The number of benzene rings is 1. The Bertz CT molecular complexity index is 395. The number of rotatable bonds is 7. The van der Waals surface area contributed by atoms with Gasteiger partial charge in [0.05, 0.1) is 0 Å². The Morgan fingerprint density at radius 3 is 2.28 bits per heavy atom. The summed E-state index contributed by atoms with van der Waals surface area (Å²) in [7, 11) is 0. The summed E-state index contributed by atoms with van der Waals surface area (Å²) in [6, 6.07) is 6.27. The molecule has 0 unspecified atom stereocenters. The first-order valence-electron chi connectivity index (χ1n) is 6.70. The third-order valence-corrected chi connectivity index (χ3v) is 3.34. The molecule has 18 heavy (non-hydrogen) atoms. The molecule has 0 aliphatic carbocycles. The van der Waals surface area contributed by atoms with Gasteiger partial charge in [0.2, 0.25) is 0 Å². The van der Waals surface area contributed by atoms with Crippen molar-refractivity contribution in [2.45, 2.75) is 40.2 Å². The van der Waals surface area contributed by atoms with Gasteiger partial charge in [-0.2, -0.15) is 0 Å². The van der Waals surface area contributed by atoms with Crippen molar-refractivity contribution in [3.05, 3.63) is 34.9 Å². The highest BCUT2D eigenvalue weighted by Crippen LogP contribution is 2.14. The quantitative estimate of drug-likeness (QED) is 0.767. The Balaban J connectivity index is 2.79. The van der Waals surface area contributed by atoms with E-state index in [2.05, 4.69) is 37.8 Å². The first kappa shape index (κ1) is 15.1. The zero-order chi connectivity index (χ0) is 13.5. The van der Waals surface area contributed by atoms with E-state index in [4.69, 9.17) is 18.0 Å². The summed E-state index contributed by atoms with van der Waals surface area (Å²) in [6.07, 6.45) is 2.40. The highest BCUT2D eigenvalue weighted by atomic mass is 32.1. The molecule has 0 spiro atoms. The maximum Gasteiger partial charge on any atom is 0.103 e. The Labute approximate surface area is 116 Å². The van der Waals surface area contributed by atoms with E-state index < -0.39 is 0 Å². The lowest BCUT2D eigenvalue weighted by Gasteiger charge is -2.22. The summed E-state index contributed by atoms with van der Waals surface area (Å²) in [5.41, 5.74) is 9.26. The van der Waals surface area contributed by atoms with Crippen LogP contribution in [0.4, 0.5) is 0 Å². The van der Waals surface area contributed by atoms with E-state index in [1.807, 2.05) is 6.07 Å². The molecule has 1 aromatic rings. The molecule has 0 aliphatic rings. The van der Waals surface area contributed by atoms with Gasteiger partial charge in [0, 0.05) is 12.1 Å². The third kappa shape index (κ3) is 4.39. The highest BCUT2D eigenvalue weighted by Gasteiger charge is 2.07. The largest absolute Gasteiger partial charge is 0.389 e. The van der Waals surface area contributed by atoms with Gasteiger partial charge in [0.25, 0.3) is 0 Å². The average molecular weight is 264 g/mol. The molecule has 1 rings (SSSR count). The molecule has 100 valence electrons. The minimum Gasteiger partial charge on any atom is -0.389 e. The van der Waals surface area contributed by atoms with Crippen LogP contribution < -0.4 is 5.73 Å². The summed E-state index contributed by atoms with van der Waals surface area (Å²) >= 11 is 5.00.